The molecule has 150 valence electrons. The van der Waals surface area contributed by atoms with Crippen LogP contribution in [0.2, 0.25) is 0 Å². The van der Waals surface area contributed by atoms with Crippen molar-refractivity contribution in [3.8, 4) is 11.5 Å². The van der Waals surface area contributed by atoms with Gasteiger partial charge in [-0.1, -0.05) is 30.3 Å². The van der Waals surface area contributed by atoms with Crippen molar-refractivity contribution >= 4 is 0 Å². The third kappa shape index (κ3) is 4.20. The summed E-state index contributed by atoms with van der Waals surface area (Å²) >= 11 is 0. The van der Waals surface area contributed by atoms with Gasteiger partial charge < -0.3 is 14.4 Å². The second-order valence-corrected chi connectivity index (χ2v) is 8.31. The SMILES string of the molecule is COc1ccc(C2CCN(CCC3CCCc4ccccc43)CC2)cc1OC. The maximum atomic E-state index is 5.49. The Morgan fingerprint density at radius 2 is 1.71 bits per heavy atom. The van der Waals surface area contributed by atoms with Crippen molar-refractivity contribution in [3.05, 3.63) is 59.2 Å². The molecule has 0 bridgehead atoms. The van der Waals surface area contributed by atoms with E-state index in [2.05, 4.69) is 41.3 Å². The molecule has 1 atom stereocenters. The van der Waals surface area contributed by atoms with E-state index in [0.717, 1.165) is 17.4 Å². The zero-order valence-electron chi connectivity index (χ0n) is 17.3. The highest BCUT2D eigenvalue weighted by Crippen LogP contribution is 2.36. The zero-order chi connectivity index (χ0) is 19.3. The zero-order valence-corrected chi connectivity index (χ0v) is 17.3. The Morgan fingerprint density at radius 1 is 0.929 bits per heavy atom. The minimum absolute atomic E-state index is 0.631. The molecule has 2 aromatic rings. The number of rotatable bonds is 6. The summed E-state index contributed by atoms with van der Waals surface area (Å²) in [4.78, 5) is 2.68. The van der Waals surface area contributed by atoms with Crippen LogP contribution in [0, 0.1) is 0 Å². The molecule has 0 amide bonds. The van der Waals surface area contributed by atoms with E-state index in [1.807, 2.05) is 6.07 Å². The average molecular weight is 380 g/mol. The minimum atomic E-state index is 0.631. The molecular formula is C25H33NO2. The van der Waals surface area contributed by atoms with Crippen molar-refractivity contribution in [2.45, 2.75) is 50.4 Å². The first-order valence-electron chi connectivity index (χ1n) is 10.8. The summed E-state index contributed by atoms with van der Waals surface area (Å²) in [5.74, 6) is 3.05. The summed E-state index contributed by atoms with van der Waals surface area (Å²) in [6.45, 7) is 3.64. The molecule has 0 radical (unpaired) electrons. The topological polar surface area (TPSA) is 21.7 Å². The maximum absolute atomic E-state index is 5.49. The van der Waals surface area contributed by atoms with Crippen LogP contribution in [-0.4, -0.2) is 38.8 Å². The van der Waals surface area contributed by atoms with Gasteiger partial charge in [0.2, 0.25) is 0 Å². The first kappa shape index (κ1) is 19.3. The highest BCUT2D eigenvalue weighted by molar-refractivity contribution is 5.44. The van der Waals surface area contributed by atoms with Gasteiger partial charge in [0.05, 0.1) is 14.2 Å². The molecule has 1 aliphatic heterocycles. The van der Waals surface area contributed by atoms with Gasteiger partial charge in [0, 0.05) is 0 Å². The van der Waals surface area contributed by atoms with Gasteiger partial charge >= 0.3 is 0 Å². The van der Waals surface area contributed by atoms with Gasteiger partial charge in [-0.3, -0.25) is 0 Å². The van der Waals surface area contributed by atoms with Crippen molar-refractivity contribution in [1.29, 1.82) is 0 Å². The lowest BCUT2D eigenvalue weighted by Gasteiger charge is -2.34. The predicted octanol–water partition coefficient (Wildman–Crippen LogP) is 5.39. The van der Waals surface area contributed by atoms with Crippen molar-refractivity contribution < 1.29 is 9.47 Å². The number of benzene rings is 2. The lowest BCUT2D eigenvalue weighted by Crippen LogP contribution is -2.34. The molecule has 0 N–H and O–H groups in total. The summed E-state index contributed by atoms with van der Waals surface area (Å²) in [6.07, 6.45) is 7.75. The number of nitrogens with zero attached hydrogens (tertiary/aromatic N) is 1. The monoisotopic (exact) mass is 379 g/mol. The van der Waals surface area contributed by atoms with Crippen LogP contribution in [0.5, 0.6) is 11.5 Å². The molecule has 0 saturated carbocycles. The Balaban J connectivity index is 1.31. The van der Waals surface area contributed by atoms with E-state index in [4.69, 9.17) is 9.47 Å². The molecule has 0 aromatic heterocycles. The van der Waals surface area contributed by atoms with E-state index in [9.17, 15) is 0 Å². The van der Waals surface area contributed by atoms with Crippen molar-refractivity contribution in [2.24, 2.45) is 0 Å². The number of ether oxygens (including phenoxy) is 2. The lowest BCUT2D eigenvalue weighted by molar-refractivity contribution is 0.203. The summed E-state index contributed by atoms with van der Waals surface area (Å²) in [5, 5.41) is 0. The maximum Gasteiger partial charge on any atom is 0.160 e. The Morgan fingerprint density at radius 3 is 2.50 bits per heavy atom. The average Bonchev–Trinajstić information content (AvgIpc) is 2.77. The van der Waals surface area contributed by atoms with E-state index in [1.54, 1.807) is 25.3 Å². The second-order valence-electron chi connectivity index (χ2n) is 8.31. The summed E-state index contributed by atoms with van der Waals surface area (Å²) < 4.78 is 10.9. The predicted molar refractivity (Wildman–Crippen MR) is 115 cm³/mol. The van der Waals surface area contributed by atoms with Crippen LogP contribution in [0.1, 0.15) is 60.6 Å². The van der Waals surface area contributed by atoms with Crippen LogP contribution in [-0.2, 0) is 6.42 Å². The van der Waals surface area contributed by atoms with Crippen LogP contribution >= 0.6 is 0 Å². The van der Waals surface area contributed by atoms with E-state index in [-0.39, 0.29) is 0 Å². The van der Waals surface area contributed by atoms with Crippen LogP contribution in [0.25, 0.3) is 0 Å². The van der Waals surface area contributed by atoms with E-state index in [0.29, 0.717) is 5.92 Å². The number of hydrogen-bond donors (Lipinski definition) is 0. The van der Waals surface area contributed by atoms with Gasteiger partial charge in [-0.2, -0.15) is 0 Å². The molecule has 3 heteroatoms. The largest absolute Gasteiger partial charge is 0.493 e. The Kier molecular flexibility index (Phi) is 6.21. The fraction of sp³-hybridized carbons (Fsp3) is 0.520. The molecule has 3 nitrogen and oxygen atoms in total. The van der Waals surface area contributed by atoms with E-state index < -0.39 is 0 Å². The minimum Gasteiger partial charge on any atom is -0.493 e. The Hall–Kier alpha value is -2.00. The number of piperidine rings is 1. The third-order valence-electron chi connectivity index (χ3n) is 6.75. The highest BCUT2D eigenvalue weighted by atomic mass is 16.5. The van der Waals surface area contributed by atoms with Crippen LogP contribution in [0.4, 0.5) is 0 Å². The molecule has 1 heterocycles. The van der Waals surface area contributed by atoms with Crippen LogP contribution in [0.3, 0.4) is 0 Å². The quantitative estimate of drug-likeness (QED) is 0.671. The molecule has 1 aliphatic carbocycles. The van der Waals surface area contributed by atoms with E-state index >= 15 is 0 Å². The number of fused-ring (bicyclic) bond motifs is 1. The smallest absolute Gasteiger partial charge is 0.160 e. The van der Waals surface area contributed by atoms with Gasteiger partial charge in [-0.05, 0) is 98.8 Å². The van der Waals surface area contributed by atoms with Gasteiger partial charge in [0.15, 0.2) is 11.5 Å². The standard InChI is InChI=1S/C25H33NO2/c1-27-24-11-10-22(18-25(24)28-2)19-12-15-26(16-13-19)17-14-21-8-5-7-20-6-3-4-9-23(20)21/h3-4,6,9-11,18-19,21H,5,7-8,12-17H2,1-2H3. The number of likely N-dealkylation sites (tertiary alicyclic amines) is 1. The Bertz CT molecular complexity index is 780. The summed E-state index contributed by atoms with van der Waals surface area (Å²) in [7, 11) is 3.41. The Labute approximate surface area is 169 Å². The van der Waals surface area contributed by atoms with Crippen molar-refractivity contribution in [1.82, 2.24) is 4.90 Å². The fourth-order valence-electron chi connectivity index (χ4n) is 5.09. The normalized spacial score (nSPS) is 20.6. The van der Waals surface area contributed by atoms with Crippen molar-refractivity contribution in [3.63, 3.8) is 0 Å². The molecule has 2 aliphatic rings. The summed E-state index contributed by atoms with van der Waals surface area (Å²) in [5.41, 5.74) is 4.60. The van der Waals surface area contributed by atoms with Crippen LogP contribution in [0.15, 0.2) is 42.5 Å². The number of hydrogen-bond acceptors (Lipinski definition) is 3. The molecule has 1 fully saturated rings. The fourth-order valence-corrected chi connectivity index (χ4v) is 5.09. The van der Waals surface area contributed by atoms with Gasteiger partial charge in [0.1, 0.15) is 0 Å². The molecule has 1 unspecified atom stereocenters. The first-order chi connectivity index (χ1) is 13.8. The number of methoxy groups -OCH3 is 2. The van der Waals surface area contributed by atoms with E-state index in [1.165, 1.54) is 63.7 Å². The third-order valence-corrected chi connectivity index (χ3v) is 6.75. The second kappa shape index (κ2) is 9.00. The van der Waals surface area contributed by atoms with Gasteiger partial charge in [-0.15, -0.1) is 0 Å². The molecule has 0 spiro atoms. The first-order valence-corrected chi connectivity index (χ1v) is 10.8. The molecule has 28 heavy (non-hydrogen) atoms. The molecule has 4 rings (SSSR count). The molecule has 1 saturated heterocycles. The molecule has 2 aromatic carbocycles. The van der Waals surface area contributed by atoms with Gasteiger partial charge in [0.25, 0.3) is 0 Å². The lowest BCUT2D eigenvalue weighted by atomic mass is 9.81. The van der Waals surface area contributed by atoms with Crippen molar-refractivity contribution in [2.75, 3.05) is 33.9 Å². The molecular weight excluding hydrogens is 346 g/mol. The van der Waals surface area contributed by atoms with Crippen LogP contribution < -0.4 is 9.47 Å². The summed E-state index contributed by atoms with van der Waals surface area (Å²) in [6, 6.07) is 15.5. The number of aryl methyl sites for hydroxylation is 1. The van der Waals surface area contributed by atoms with Gasteiger partial charge in [-0.25, -0.2) is 0 Å². The highest BCUT2D eigenvalue weighted by Gasteiger charge is 2.24.